The highest BCUT2D eigenvalue weighted by Crippen LogP contribution is 2.26. The molecule has 1 amide bonds. The molecule has 0 spiro atoms. The van der Waals surface area contributed by atoms with Crippen molar-refractivity contribution in [2.24, 2.45) is 0 Å². The van der Waals surface area contributed by atoms with Crippen LogP contribution in [-0.2, 0) is 14.8 Å². The average Bonchev–Trinajstić information content (AvgIpc) is 2.70. The Bertz CT molecular complexity index is 957. The van der Waals surface area contributed by atoms with Gasteiger partial charge in [0.15, 0.2) is 0 Å². The summed E-state index contributed by atoms with van der Waals surface area (Å²) < 4.78 is 46.3. The van der Waals surface area contributed by atoms with E-state index >= 15 is 0 Å². The van der Waals surface area contributed by atoms with Crippen molar-refractivity contribution in [3.63, 3.8) is 0 Å². The van der Waals surface area contributed by atoms with Gasteiger partial charge in [0.1, 0.15) is 18.1 Å². The van der Waals surface area contributed by atoms with Gasteiger partial charge < -0.3 is 10.1 Å². The highest BCUT2D eigenvalue weighted by Gasteiger charge is 2.27. The fraction of sp³-hybridized carbons (Fsp3) is 0.409. The number of anilines is 1. The van der Waals surface area contributed by atoms with Crippen molar-refractivity contribution < 1.29 is 22.3 Å². The maximum absolute atomic E-state index is 13.3. The predicted octanol–water partition coefficient (Wildman–Crippen LogP) is 4.07. The molecule has 0 aliphatic rings. The van der Waals surface area contributed by atoms with Crippen LogP contribution in [0, 0.1) is 5.82 Å². The summed E-state index contributed by atoms with van der Waals surface area (Å²) >= 11 is 1.70. The molecule has 0 fully saturated rings. The van der Waals surface area contributed by atoms with Crippen LogP contribution in [0.2, 0.25) is 0 Å². The molecule has 0 saturated heterocycles. The molecule has 31 heavy (non-hydrogen) atoms. The summed E-state index contributed by atoms with van der Waals surface area (Å²) in [5.74, 6) is 0.340. The number of benzene rings is 2. The lowest BCUT2D eigenvalue weighted by molar-refractivity contribution is -0.119. The van der Waals surface area contributed by atoms with E-state index in [0.29, 0.717) is 30.3 Å². The molecule has 0 aliphatic heterocycles. The van der Waals surface area contributed by atoms with Crippen molar-refractivity contribution in [2.45, 2.75) is 37.3 Å². The van der Waals surface area contributed by atoms with Crippen molar-refractivity contribution in [1.29, 1.82) is 0 Å². The topological polar surface area (TPSA) is 75.7 Å². The maximum Gasteiger partial charge on any atom is 0.264 e. The van der Waals surface area contributed by atoms with E-state index in [1.54, 1.807) is 36.0 Å². The minimum atomic E-state index is -4.09. The van der Waals surface area contributed by atoms with Gasteiger partial charge in [-0.05, 0) is 55.5 Å². The Morgan fingerprint density at radius 2 is 1.71 bits per heavy atom. The Morgan fingerprint density at radius 3 is 2.26 bits per heavy atom. The van der Waals surface area contributed by atoms with E-state index in [9.17, 15) is 17.6 Å². The summed E-state index contributed by atoms with van der Waals surface area (Å²) in [5.41, 5.74) is 0.312. The van der Waals surface area contributed by atoms with E-state index in [2.05, 4.69) is 26.1 Å². The van der Waals surface area contributed by atoms with Gasteiger partial charge in [0.05, 0.1) is 17.2 Å². The molecule has 0 unspecified atom stereocenters. The average molecular weight is 469 g/mol. The monoisotopic (exact) mass is 468 g/mol. The van der Waals surface area contributed by atoms with E-state index in [1.165, 1.54) is 12.1 Å². The molecule has 0 radical (unpaired) electrons. The fourth-order valence-electron chi connectivity index (χ4n) is 2.66. The summed E-state index contributed by atoms with van der Waals surface area (Å²) in [5, 5.41) is 2.77. The molecule has 0 atom stereocenters. The third-order valence-electron chi connectivity index (χ3n) is 4.08. The quantitative estimate of drug-likeness (QED) is 0.532. The number of hydrogen-bond donors (Lipinski definition) is 1. The van der Waals surface area contributed by atoms with Gasteiger partial charge in [-0.25, -0.2) is 12.8 Å². The molecule has 2 aromatic rings. The Kier molecular flexibility index (Phi) is 8.76. The highest BCUT2D eigenvalue weighted by atomic mass is 32.2. The standard InChI is InChI=1S/C22H29FN2O4S2/c1-5-29-19-10-8-18(9-11-19)25(16-21(26)24-14-15-30-22(2,3)4)31(27,28)20-12-6-17(23)7-13-20/h6-13H,5,14-16H2,1-4H3,(H,24,26). The Balaban J connectivity index is 2.23. The molecule has 9 heteroatoms. The number of sulfonamides is 1. The molecule has 0 aliphatic carbocycles. The zero-order chi connectivity index (χ0) is 23.1. The van der Waals surface area contributed by atoms with Crippen LogP contribution < -0.4 is 14.4 Å². The number of nitrogens with one attached hydrogen (secondary N) is 1. The number of thioether (sulfide) groups is 1. The highest BCUT2D eigenvalue weighted by molar-refractivity contribution is 8.00. The Labute approximate surface area is 188 Å². The minimum absolute atomic E-state index is 0.0744. The van der Waals surface area contributed by atoms with Crippen LogP contribution >= 0.6 is 11.8 Å². The van der Waals surface area contributed by atoms with Crippen molar-refractivity contribution in [1.82, 2.24) is 5.32 Å². The fourth-order valence-corrected chi connectivity index (χ4v) is 4.90. The maximum atomic E-state index is 13.3. The van der Waals surface area contributed by atoms with Gasteiger partial charge in [-0.1, -0.05) is 20.8 Å². The molecular weight excluding hydrogens is 439 g/mol. The van der Waals surface area contributed by atoms with E-state index in [0.717, 1.165) is 16.4 Å². The van der Waals surface area contributed by atoms with Gasteiger partial charge >= 0.3 is 0 Å². The predicted molar refractivity (Wildman–Crippen MR) is 124 cm³/mol. The second-order valence-electron chi connectivity index (χ2n) is 7.70. The molecule has 170 valence electrons. The number of amides is 1. The number of hydrogen-bond acceptors (Lipinski definition) is 5. The number of rotatable bonds is 10. The van der Waals surface area contributed by atoms with Crippen LogP contribution in [0.1, 0.15) is 27.7 Å². The number of carbonyl (C=O) groups is 1. The smallest absolute Gasteiger partial charge is 0.264 e. The van der Waals surface area contributed by atoms with Crippen molar-refractivity contribution in [2.75, 3.05) is 29.8 Å². The van der Waals surface area contributed by atoms with Crippen LogP contribution in [0.15, 0.2) is 53.4 Å². The first kappa shape index (κ1) is 25.0. The van der Waals surface area contributed by atoms with Gasteiger partial charge in [0.25, 0.3) is 10.0 Å². The Hall–Kier alpha value is -2.26. The van der Waals surface area contributed by atoms with Gasteiger partial charge in [-0.2, -0.15) is 11.8 Å². The zero-order valence-corrected chi connectivity index (χ0v) is 19.9. The lowest BCUT2D eigenvalue weighted by Gasteiger charge is -2.24. The summed E-state index contributed by atoms with van der Waals surface area (Å²) in [4.78, 5) is 12.4. The molecule has 2 rings (SSSR count). The molecule has 1 N–H and O–H groups in total. The second kappa shape index (κ2) is 10.9. The SMILES string of the molecule is CCOc1ccc(N(CC(=O)NCCSC(C)(C)C)S(=O)(=O)c2ccc(F)cc2)cc1. The van der Waals surface area contributed by atoms with Crippen LogP contribution in [-0.4, -0.2) is 44.5 Å². The molecule has 2 aromatic carbocycles. The van der Waals surface area contributed by atoms with Crippen molar-refractivity contribution in [3.05, 3.63) is 54.3 Å². The number of nitrogens with zero attached hydrogens (tertiary/aromatic N) is 1. The second-order valence-corrected chi connectivity index (χ2v) is 11.5. The first-order chi connectivity index (χ1) is 14.5. The summed E-state index contributed by atoms with van der Waals surface area (Å²) in [6.45, 7) is 8.61. The van der Waals surface area contributed by atoms with Gasteiger partial charge in [-0.15, -0.1) is 0 Å². The lowest BCUT2D eigenvalue weighted by Crippen LogP contribution is -2.41. The number of ether oxygens (including phenoxy) is 1. The van der Waals surface area contributed by atoms with E-state index < -0.39 is 28.3 Å². The first-order valence-corrected chi connectivity index (χ1v) is 12.4. The molecule has 6 nitrogen and oxygen atoms in total. The van der Waals surface area contributed by atoms with Crippen molar-refractivity contribution in [3.8, 4) is 5.75 Å². The summed E-state index contributed by atoms with van der Waals surface area (Å²) in [6, 6.07) is 11.0. The third-order valence-corrected chi connectivity index (χ3v) is 7.15. The van der Waals surface area contributed by atoms with Crippen LogP contribution in [0.25, 0.3) is 0 Å². The van der Waals surface area contributed by atoms with E-state index in [-0.39, 0.29) is 9.64 Å². The largest absolute Gasteiger partial charge is 0.494 e. The Morgan fingerprint density at radius 1 is 1.10 bits per heavy atom. The van der Waals surface area contributed by atoms with Crippen LogP contribution in [0.5, 0.6) is 5.75 Å². The molecule has 0 heterocycles. The van der Waals surface area contributed by atoms with Crippen molar-refractivity contribution >= 4 is 33.4 Å². The normalized spacial score (nSPS) is 11.8. The van der Waals surface area contributed by atoms with Crippen LogP contribution in [0.4, 0.5) is 10.1 Å². The summed E-state index contributed by atoms with van der Waals surface area (Å²) in [7, 11) is -4.09. The first-order valence-electron chi connectivity index (χ1n) is 9.95. The number of carbonyl (C=O) groups excluding carboxylic acids is 1. The van der Waals surface area contributed by atoms with E-state index in [1.807, 2.05) is 6.92 Å². The van der Waals surface area contributed by atoms with Gasteiger partial charge in [-0.3, -0.25) is 9.10 Å². The van der Waals surface area contributed by atoms with Gasteiger partial charge in [0, 0.05) is 17.0 Å². The molecule has 0 aromatic heterocycles. The van der Waals surface area contributed by atoms with Crippen LogP contribution in [0.3, 0.4) is 0 Å². The molecule has 0 saturated carbocycles. The van der Waals surface area contributed by atoms with E-state index in [4.69, 9.17) is 4.74 Å². The summed E-state index contributed by atoms with van der Waals surface area (Å²) in [6.07, 6.45) is 0. The van der Waals surface area contributed by atoms with Gasteiger partial charge in [0.2, 0.25) is 5.91 Å². The minimum Gasteiger partial charge on any atom is -0.494 e. The molecule has 0 bridgehead atoms. The number of halogens is 1. The molecular formula is C22H29FN2O4S2. The lowest BCUT2D eigenvalue weighted by atomic mass is 10.3. The zero-order valence-electron chi connectivity index (χ0n) is 18.2. The third kappa shape index (κ3) is 7.74.